The fraction of sp³-hybridized carbons (Fsp3) is 0.667. The van der Waals surface area contributed by atoms with E-state index in [0.29, 0.717) is 18.7 Å². The highest BCUT2D eigenvalue weighted by atomic mass is 16.6. The second-order valence-corrected chi connectivity index (χ2v) is 7.26. The predicted octanol–water partition coefficient (Wildman–Crippen LogP) is 0.164. The number of esters is 2. The van der Waals surface area contributed by atoms with E-state index in [9.17, 15) is 19.8 Å². The van der Waals surface area contributed by atoms with E-state index in [2.05, 4.69) is 0 Å². The summed E-state index contributed by atoms with van der Waals surface area (Å²) in [4.78, 5) is 26.9. The van der Waals surface area contributed by atoms with Crippen LogP contribution < -0.4 is 0 Å². The molecule has 0 radical (unpaired) electrons. The zero-order valence-corrected chi connectivity index (χ0v) is 14.8. The molecule has 3 rings (SSSR count). The second kappa shape index (κ2) is 6.55. The van der Waals surface area contributed by atoms with Gasteiger partial charge in [0.05, 0.1) is 6.04 Å². The Kier molecular flexibility index (Phi) is 4.74. The summed E-state index contributed by atoms with van der Waals surface area (Å²) in [5.74, 6) is -1.76. The minimum Gasteiger partial charge on any atom is -0.459 e. The Balaban J connectivity index is 1.94. The van der Waals surface area contributed by atoms with E-state index in [-0.39, 0.29) is 19.1 Å². The molecular weight excluding hydrogens is 326 g/mol. The summed E-state index contributed by atoms with van der Waals surface area (Å²) in [6.07, 6.45) is 2.25. The van der Waals surface area contributed by atoms with Crippen molar-refractivity contribution in [3.63, 3.8) is 0 Å². The van der Waals surface area contributed by atoms with Gasteiger partial charge in [-0.05, 0) is 31.8 Å². The summed E-state index contributed by atoms with van der Waals surface area (Å²) in [7, 11) is 0. The van der Waals surface area contributed by atoms with Crippen molar-refractivity contribution in [1.29, 1.82) is 0 Å². The van der Waals surface area contributed by atoms with Gasteiger partial charge in [0.1, 0.15) is 18.8 Å². The van der Waals surface area contributed by atoms with Gasteiger partial charge in [-0.3, -0.25) is 4.90 Å². The zero-order valence-electron chi connectivity index (χ0n) is 14.8. The third-order valence-corrected chi connectivity index (χ3v) is 5.60. The standard InChI is InChI=1S/C18H25NO6/c1-4-11-7-10(2)18(3,23)17(22)24-9-12-5-6-19-8-13(20)15(14(12)19)25-16(11)21/h4-5,10,13-15,20,23H,6-9H2,1-3H3/b11-4-. The molecule has 0 spiro atoms. The first-order valence-corrected chi connectivity index (χ1v) is 8.62. The molecule has 3 heterocycles. The number of rotatable bonds is 0. The van der Waals surface area contributed by atoms with Gasteiger partial charge in [-0.25, -0.2) is 9.59 Å². The molecule has 25 heavy (non-hydrogen) atoms. The average molecular weight is 351 g/mol. The van der Waals surface area contributed by atoms with Crippen molar-refractivity contribution in [3.8, 4) is 0 Å². The molecule has 5 unspecified atom stereocenters. The van der Waals surface area contributed by atoms with Crippen LogP contribution in [0.2, 0.25) is 0 Å². The Labute approximate surface area is 146 Å². The van der Waals surface area contributed by atoms with Crippen molar-refractivity contribution >= 4 is 11.9 Å². The van der Waals surface area contributed by atoms with Gasteiger partial charge in [0.15, 0.2) is 5.60 Å². The SMILES string of the molecule is C/C=C1/CC(C)C(C)(O)C(=O)OCC2=CCN3CC(O)C(OC1=O)C23. The van der Waals surface area contributed by atoms with Gasteiger partial charge >= 0.3 is 11.9 Å². The molecule has 0 amide bonds. The topological polar surface area (TPSA) is 96.3 Å². The highest BCUT2D eigenvalue weighted by Crippen LogP contribution is 2.34. The van der Waals surface area contributed by atoms with Crippen LogP contribution in [0.3, 0.4) is 0 Å². The highest BCUT2D eigenvalue weighted by molar-refractivity contribution is 5.89. The quantitative estimate of drug-likeness (QED) is 0.365. The van der Waals surface area contributed by atoms with Crippen LogP contribution in [0.4, 0.5) is 0 Å². The molecule has 5 atom stereocenters. The van der Waals surface area contributed by atoms with Gasteiger partial charge in [-0.1, -0.05) is 19.1 Å². The van der Waals surface area contributed by atoms with Crippen LogP contribution in [0.5, 0.6) is 0 Å². The van der Waals surface area contributed by atoms with Gasteiger partial charge in [0.25, 0.3) is 0 Å². The van der Waals surface area contributed by atoms with Crippen molar-refractivity contribution in [2.45, 2.75) is 51.0 Å². The lowest BCUT2D eigenvalue weighted by Gasteiger charge is -2.31. The predicted molar refractivity (Wildman–Crippen MR) is 88.5 cm³/mol. The molecule has 3 aliphatic rings. The molecule has 138 valence electrons. The lowest BCUT2D eigenvalue weighted by atomic mass is 9.85. The van der Waals surface area contributed by atoms with E-state index < -0.39 is 35.7 Å². The number of cyclic esters (lactones) is 1. The Bertz CT molecular complexity index is 637. The summed E-state index contributed by atoms with van der Waals surface area (Å²) in [5, 5.41) is 20.9. The van der Waals surface area contributed by atoms with Crippen molar-refractivity contribution in [2.75, 3.05) is 19.7 Å². The average Bonchev–Trinajstić information content (AvgIpc) is 3.08. The van der Waals surface area contributed by atoms with E-state index in [1.54, 1.807) is 19.9 Å². The highest BCUT2D eigenvalue weighted by Gasteiger charge is 2.49. The van der Waals surface area contributed by atoms with E-state index in [1.807, 2.05) is 11.0 Å². The number of carbonyl (C=O) groups excluding carboxylic acids is 2. The van der Waals surface area contributed by atoms with Crippen LogP contribution in [0.1, 0.15) is 27.2 Å². The van der Waals surface area contributed by atoms with Gasteiger partial charge in [-0.15, -0.1) is 0 Å². The van der Waals surface area contributed by atoms with Crippen molar-refractivity contribution in [2.24, 2.45) is 5.92 Å². The Morgan fingerprint density at radius 1 is 1.40 bits per heavy atom. The van der Waals surface area contributed by atoms with Crippen LogP contribution in [0.15, 0.2) is 23.3 Å². The van der Waals surface area contributed by atoms with Crippen LogP contribution in [0, 0.1) is 5.92 Å². The molecule has 0 aromatic carbocycles. The van der Waals surface area contributed by atoms with Gasteiger partial charge in [-0.2, -0.15) is 0 Å². The molecule has 2 saturated heterocycles. The molecule has 0 aromatic heterocycles. The fourth-order valence-electron chi connectivity index (χ4n) is 3.70. The van der Waals surface area contributed by atoms with Crippen molar-refractivity contribution in [1.82, 2.24) is 4.90 Å². The van der Waals surface area contributed by atoms with Gasteiger partial charge < -0.3 is 19.7 Å². The molecule has 0 saturated carbocycles. The summed E-state index contributed by atoms with van der Waals surface area (Å²) >= 11 is 0. The Morgan fingerprint density at radius 2 is 2.12 bits per heavy atom. The smallest absolute Gasteiger partial charge is 0.338 e. The number of hydrogen-bond donors (Lipinski definition) is 2. The van der Waals surface area contributed by atoms with Gasteiger partial charge in [0.2, 0.25) is 0 Å². The van der Waals surface area contributed by atoms with Crippen LogP contribution >= 0.6 is 0 Å². The number of hydrogen-bond acceptors (Lipinski definition) is 7. The molecule has 2 fully saturated rings. The molecular formula is C18H25NO6. The monoisotopic (exact) mass is 351 g/mol. The minimum atomic E-state index is -1.71. The van der Waals surface area contributed by atoms with Crippen molar-refractivity contribution in [3.05, 3.63) is 23.3 Å². The summed E-state index contributed by atoms with van der Waals surface area (Å²) in [6, 6.07) is -0.299. The van der Waals surface area contributed by atoms with Gasteiger partial charge in [0, 0.05) is 18.7 Å². The summed E-state index contributed by atoms with van der Waals surface area (Å²) < 4.78 is 11.0. The molecule has 7 nitrogen and oxygen atoms in total. The molecule has 7 heteroatoms. The maximum absolute atomic E-state index is 12.6. The number of allylic oxidation sites excluding steroid dienone is 1. The number of ether oxygens (including phenoxy) is 2. The first-order chi connectivity index (χ1) is 11.8. The molecule has 3 aliphatic heterocycles. The van der Waals surface area contributed by atoms with E-state index in [1.165, 1.54) is 6.92 Å². The third kappa shape index (κ3) is 3.12. The maximum atomic E-state index is 12.6. The maximum Gasteiger partial charge on any atom is 0.338 e. The molecule has 0 aromatic rings. The third-order valence-electron chi connectivity index (χ3n) is 5.60. The fourth-order valence-corrected chi connectivity index (χ4v) is 3.70. The largest absolute Gasteiger partial charge is 0.459 e. The van der Waals surface area contributed by atoms with Crippen LogP contribution in [-0.2, 0) is 19.1 Å². The Morgan fingerprint density at radius 3 is 2.80 bits per heavy atom. The molecule has 0 bridgehead atoms. The van der Waals surface area contributed by atoms with Crippen molar-refractivity contribution < 1.29 is 29.3 Å². The van der Waals surface area contributed by atoms with E-state index >= 15 is 0 Å². The van der Waals surface area contributed by atoms with Crippen LogP contribution in [-0.4, -0.2) is 70.6 Å². The second-order valence-electron chi connectivity index (χ2n) is 7.26. The Hall–Kier alpha value is -1.70. The number of aliphatic hydroxyl groups is 2. The lowest BCUT2D eigenvalue weighted by molar-refractivity contribution is -0.169. The first-order valence-electron chi connectivity index (χ1n) is 8.62. The minimum absolute atomic E-state index is 0.0140. The number of nitrogens with zero attached hydrogens (tertiary/aromatic N) is 1. The zero-order chi connectivity index (χ0) is 18.4. The van der Waals surface area contributed by atoms with E-state index in [4.69, 9.17) is 9.47 Å². The van der Waals surface area contributed by atoms with Crippen LogP contribution in [0.25, 0.3) is 0 Å². The summed E-state index contributed by atoms with van der Waals surface area (Å²) in [6.45, 7) is 5.82. The first kappa shape index (κ1) is 18.1. The number of carbonyl (C=O) groups is 2. The molecule has 0 aliphatic carbocycles. The number of aliphatic hydroxyl groups excluding tert-OH is 1. The van der Waals surface area contributed by atoms with E-state index in [0.717, 1.165) is 5.57 Å². The normalized spacial score (nSPS) is 41.5. The lowest BCUT2D eigenvalue weighted by Crippen LogP contribution is -2.45. The summed E-state index contributed by atoms with van der Waals surface area (Å²) in [5.41, 5.74) is -0.551. The molecule has 2 N–H and O–H groups in total.